The van der Waals surface area contributed by atoms with Gasteiger partial charge in [0, 0.05) is 13.2 Å². The van der Waals surface area contributed by atoms with E-state index in [0.29, 0.717) is 6.61 Å². The summed E-state index contributed by atoms with van der Waals surface area (Å²) in [4.78, 5) is 11.3. The van der Waals surface area contributed by atoms with E-state index in [1.54, 1.807) is 0 Å². The van der Waals surface area contributed by atoms with Crippen LogP contribution in [0.4, 0.5) is 0 Å². The molecule has 0 aromatic rings. The van der Waals surface area contributed by atoms with E-state index in [9.17, 15) is 4.79 Å². The highest BCUT2D eigenvalue weighted by atomic mass is 16.5. The number of ether oxygens (including phenoxy) is 2. The molecule has 14 heavy (non-hydrogen) atoms. The van der Waals surface area contributed by atoms with Crippen LogP contribution in [-0.2, 0) is 14.3 Å². The van der Waals surface area contributed by atoms with Crippen molar-refractivity contribution in [3.05, 3.63) is 0 Å². The molecule has 4 nitrogen and oxygen atoms in total. The van der Waals surface area contributed by atoms with Crippen molar-refractivity contribution >= 4 is 5.91 Å². The Balaban J connectivity index is 2.13. The van der Waals surface area contributed by atoms with Gasteiger partial charge in [-0.15, -0.1) is 0 Å². The van der Waals surface area contributed by atoms with E-state index in [1.165, 1.54) is 0 Å². The van der Waals surface area contributed by atoms with Gasteiger partial charge in [-0.3, -0.25) is 4.79 Å². The first-order chi connectivity index (χ1) is 6.74. The summed E-state index contributed by atoms with van der Waals surface area (Å²) in [5, 5.41) is 2.90. The molecule has 1 fully saturated rings. The van der Waals surface area contributed by atoms with Crippen molar-refractivity contribution in [3.63, 3.8) is 0 Å². The molecular formula is C10H19NO3. The molecule has 0 bridgehead atoms. The Labute approximate surface area is 85.0 Å². The highest BCUT2D eigenvalue weighted by molar-refractivity contribution is 5.77. The van der Waals surface area contributed by atoms with Gasteiger partial charge < -0.3 is 14.8 Å². The fourth-order valence-electron chi connectivity index (χ4n) is 1.48. The Morgan fingerprint density at radius 2 is 2.43 bits per heavy atom. The number of rotatable bonds is 5. The lowest BCUT2D eigenvalue weighted by Crippen LogP contribution is -2.41. The van der Waals surface area contributed by atoms with E-state index in [2.05, 4.69) is 5.32 Å². The molecule has 1 aliphatic heterocycles. The van der Waals surface area contributed by atoms with Crippen molar-refractivity contribution in [2.24, 2.45) is 0 Å². The predicted molar refractivity (Wildman–Crippen MR) is 53.1 cm³/mol. The van der Waals surface area contributed by atoms with Crippen LogP contribution in [0.5, 0.6) is 0 Å². The summed E-state index contributed by atoms with van der Waals surface area (Å²) in [6, 6.07) is 0.160. The molecule has 2 unspecified atom stereocenters. The third-order valence-electron chi connectivity index (χ3n) is 2.30. The molecule has 0 spiro atoms. The van der Waals surface area contributed by atoms with Gasteiger partial charge in [0.25, 0.3) is 0 Å². The standard InChI is InChI=1S/C10H19NO3/c1-3-5-13-7-10(12)11-9-4-6-14-8(9)2/h8-9H,3-7H2,1-2H3,(H,11,12). The van der Waals surface area contributed by atoms with Gasteiger partial charge in [0.05, 0.1) is 12.1 Å². The average Bonchev–Trinajstić information content (AvgIpc) is 2.52. The summed E-state index contributed by atoms with van der Waals surface area (Å²) in [6.45, 7) is 5.54. The first kappa shape index (κ1) is 11.5. The normalized spacial score (nSPS) is 26.4. The third-order valence-corrected chi connectivity index (χ3v) is 2.30. The number of nitrogens with one attached hydrogen (secondary N) is 1. The summed E-state index contributed by atoms with van der Waals surface area (Å²) in [7, 11) is 0. The molecule has 1 saturated heterocycles. The zero-order valence-electron chi connectivity index (χ0n) is 8.91. The molecule has 0 aliphatic carbocycles. The van der Waals surface area contributed by atoms with Gasteiger partial charge in [-0.25, -0.2) is 0 Å². The van der Waals surface area contributed by atoms with Gasteiger partial charge in [0.1, 0.15) is 6.61 Å². The summed E-state index contributed by atoms with van der Waals surface area (Å²) >= 11 is 0. The molecule has 1 aliphatic rings. The van der Waals surface area contributed by atoms with Gasteiger partial charge in [0.2, 0.25) is 5.91 Å². The molecule has 2 atom stereocenters. The molecule has 1 amide bonds. The average molecular weight is 201 g/mol. The van der Waals surface area contributed by atoms with Crippen LogP contribution in [0.25, 0.3) is 0 Å². The van der Waals surface area contributed by atoms with E-state index in [-0.39, 0.29) is 24.7 Å². The van der Waals surface area contributed by atoms with E-state index in [0.717, 1.165) is 19.4 Å². The first-order valence-electron chi connectivity index (χ1n) is 5.22. The van der Waals surface area contributed by atoms with Gasteiger partial charge in [-0.2, -0.15) is 0 Å². The molecule has 82 valence electrons. The van der Waals surface area contributed by atoms with Crippen molar-refractivity contribution in [1.29, 1.82) is 0 Å². The Morgan fingerprint density at radius 3 is 3.00 bits per heavy atom. The summed E-state index contributed by atoms with van der Waals surface area (Å²) in [5.41, 5.74) is 0. The van der Waals surface area contributed by atoms with Crippen LogP contribution in [0, 0.1) is 0 Å². The maximum atomic E-state index is 11.3. The Morgan fingerprint density at radius 1 is 1.64 bits per heavy atom. The molecule has 0 saturated carbocycles. The minimum atomic E-state index is -0.0409. The quantitative estimate of drug-likeness (QED) is 0.666. The van der Waals surface area contributed by atoms with Gasteiger partial charge in [-0.1, -0.05) is 6.92 Å². The minimum absolute atomic E-state index is 0.0409. The first-order valence-corrected chi connectivity index (χ1v) is 5.22. The largest absolute Gasteiger partial charge is 0.376 e. The lowest BCUT2D eigenvalue weighted by atomic mass is 10.1. The molecular weight excluding hydrogens is 182 g/mol. The highest BCUT2D eigenvalue weighted by Gasteiger charge is 2.25. The van der Waals surface area contributed by atoms with Crippen molar-refractivity contribution in [3.8, 4) is 0 Å². The third kappa shape index (κ3) is 3.64. The van der Waals surface area contributed by atoms with E-state index >= 15 is 0 Å². The van der Waals surface area contributed by atoms with Crippen LogP contribution >= 0.6 is 0 Å². The Kier molecular flexibility index (Phi) is 4.90. The van der Waals surface area contributed by atoms with E-state index in [4.69, 9.17) is 9.47 Å². The minimum Gasteiger partial charge on any atom is -0.376 e. The number of amides is 1. The zero-order chi connectivity index (χ0) is 10.4. The summed E-state index contributed by atoms with van der Waals surface area (Å²) < 4.78 is 10.5. The Bertz CT molecular complexity index is 184. The predicted octanol–water partition coefficient (Wildman–Crippen LogP) is 0.707. The second kappa shape index (κ2) is 5.98. The van der Waals surface area contributed by atoms with Crippen LogP contribution in [0.3, 0.4) is 0 Å². The van der Waals surface area contributed by atoms with Crippen LogP contribution in [-0.4, -0.2) is 37.9 Å². The van der Waals surface area contributed by atoms with E-state index < -0.39 is 0 Å². The molecule has 4 heteroatoms. The lowest BCUT2D eigenvalue weighted by molar-refractivity contribution is -0.126. The smallest absolute Gasteiger partial charge is 0.246 e. The maximum absolute atomic E-state index is 11.3. The van der Waals surface area contributed by atoms with Crippen molar-refractivity contribution in [2.75, 3.05) is 19.8 Å². The van der Waals surface area contributed by atoms with Gasteiger partial charge in [0.15, 0.2) is 0 Å². The number of hydrogen-bond acceptors (Lipinski definition) is 3. The second-order valence-corrected chi connectivity index (χ2v) is 3.59. The monoisotopic (exact) mass is 201 g/mol. The molecule has 1 rings (SSSR count). The number of carbonyl (C=O) groups is 1. The number of hydrogen-bond donors (Lipinski definition) is 1. The van der Waals surface area contributed by atoms with Crippen molar-refractivity contribution < 1.29 is 14.3 Å². The van der Waals surface area contributed by atoms with Crippen molar-refractivity contribution in [2.45, 2.75) is 38.8 Å². The summed E-state index contributed by atoms with van der Waals surface area (Å²) in [5.74, 6) is -0.0409. The Hall–Kier alpha value is -0.610. The van der Waals surface area contributed by atoms with E-state index in [1.807, 2.05) is 13.8 Å². The fraction of sp³-hybridized carbons (Fsp3) is 0.900. The number of carbonyl (C=O) groups excluding carboxylic acids is 1. The SMILES string of the molecule is CCCOCC(=O)NC1CCOC1C. The van der Waals surface area contributed by atoms with Crippen molar-refractivity contribution in [1.82, 2.24) is 5.32 Å². The molecule has 1 heterocycles. The van der Waals surface area contributed by atoms with Crippen LogP contribution in [0.15, 0.2) is 0 Å². The summed E-state index contributed by atoms with van der Waals surface area (Å²) in [6.07, 6.45) is 1.97. The van der Waals surface area contributed by atoms with Crippen LogP contribution in [0.2, 0.25) is 0 Å². The van der Waals surface area contributed by atoms with Crippen LogP contribution in [0.1, 0.15) is 26.7 Å². The molecule has 0 aromatic heterocycles. The topological polar surface area (TPSA) is 47.6 Å². The molecule has 0 radical (unpaired) electrons. The van der Waals surface area contributed by atoms with Crippen LogP contribution < -0.4 is 5.32 Å². The molecule has 1 N–H and O–H groups in total. The fourth-order valence-corrected chi connectivity index (χ4v) is 1.48. The van der Waals surface area contributed by atoms with Gasteiger partial charge >= 0.3 is 0 Å². The van der Waals surface area contributed by atoms with Gasteiger partial charge in [-0.05, 0) is 19.8 Å². The zero-order valence-corrected chi connectivity index (χ0v) is 8.91. The maximum Gasteiger partial charge on any atom is 0.246 e. The second-order valence-electron chi connectivity index (χ2n) is 3.59. The molecule has 0 aromatic carbocycles. The lowest BCUT2D eigenvalue weighted by Gasteiger charge is -2.15. The highest BCUT2D eigenvalue weighted by Crippen LogP contribution is 2.12.